The first-order valence-corrected chi connectivity index (χ1v) is 11.8. The molecule has 3 aromatic carbocycles. The van der Waals surface area contributed by atoms with Crippen molar-refractivity contribution < 1.29 is 9.84 Å². The summed E-state index contributed by atoms with van der Waals surface area (Å²) >= 11 is 6.48. The van der Waals surface area contributed by atoms with Gasteiger partial charge >= 0.3 is 0 Å². The minimum absolute atomic E-state index is 0.482. The molecule has 6 nitrogen and oxygen atoms in total. The topological polar surface area (TPSA) is 70.5 Å². The van der Waals surface area contributed by atoms with E-state index in [0.717, 1.165) is 41.0 Å². The van der Waals surface area contributed by atoms with Crippen molar-refractivity contribution in [3.8, 4) is 23.3 Å². The van der Waals surface area contributed by atoms with Gasteiger partial charge in [0.05, 0.1) is 10.5 Å². The molecule has 1 fully saturated rings. The first-order valence-electron chi connectivity index (χ1n) is 11.5. The number of aliphatic hydroxyl groups is 1. The van der Waals surface area contributed by atoms with Crippen molar-refractivity contribution in [2.24, 2.45) is 0 Å². The molecule has 0 bridgehead atoms. The van der Waals surface area contributed by atoms with Crippen LogP contribution in [0.3, 0.4) is 0 Å². The summed E-state index contributed by atoms with van der Waals surface area (Å²) in [6.45, 7) is 1.67. The SMILES string of the molecule is CN1CCC(O)(C#Cc2ccc3ncnc(Nc4ccc(Oc5ccccc5)c(Cl)c4)c3c2)CC1. The molecule has 0 atom stereocenters. The van der Waals surface area contributed by atoms with Crippen LogP contribution in [-0.2, 0) is 0 Å². The van der Waals surface area contributed by atoms with Gasteiger partial charge in [0.25, 0.3) is 0 Å². The summed E-state index contributed by atoms with van der Waals surface area (Å²) in [5.74, 6) is 8.17. The number of ether oxygens (including phenoxy) is 1. The number of likely N-dealkylation sites (tertiary alicyclic amines) is 1. The van der Waals surface area contributed by atoms with E-state index in [1.165, 1.54) is 6.33 Å². The molecular weight excluding hydrogens is 460 g/mol. The van der Waals surface area contributed by atoms with Crippen molar-refractivity contribution in [3.63, 3.8) is 0 Å². The lowest BCUT2D eigenvalue weighted by atomic mass is 9.92. The number of aromatic nitrogens is 2. The van der Waals surface area contributed by atoms with Gasteiger partial charge in [-0.15, -0.1) is 0 Å². The van der Waals surface area contributed by atoms with Crippen LogP contribution in [0.2, 0.25) is 5.02 Å². The van der Waals surface area contributed by atoms with Crippen molar-refractivity contribution in [3.05, 3.63) is 83.6 Å². The minimum Gasteiger partial charge on any atom is -0.456 e. The number of benzene rings is 3. The van der Waals surface area contributed by atoms with Crippen LogP contribution >= 0.6 is 11.6 Å². The first kappa shape index (κ1) is 23.1. The van der Waals surface area contributed by atoms with Crippen LogP contribution in [0.25, 0.3) is 10.9 Å². The number of nitrogens with zero attached hydrogens (tertiary/aromatic N) is 3. The molecule has 176 valence electrons. The summed E-state index contributed by atoms with van der Waals surface area (Å²) in [6, 6.07) is 20.8. The minimum atomic E-state index is -0.948. The molecule has 0 unspecified atom stereocenters. The predicted molar refractivity (Wildman–Crippen MR) is 139 cm³/mol. The Hall–Kier alpha value is -3.63. The highest BCUT2D eigenvalue weighted by Gasteiger charge is 2.28. The van der Waals surface area contributed by atoms with E-state index in [-0.39, 0.29) is 0 Å². The molecule has 1 aliphatic rings. The molecule has 0 saturated carbocycles. The van der Waals surface area contributed by atoms with E-state index < -0.39 is 5.60 Å². The summed E-state index contributed by atoms with van der Waals surface area (Å²) in [4.78, 5) is 11.0. The number of hydrogen-bond acceptors (Lipinski definition) is 6. The molecule has 1 aromatic heterocycles. The van der Waals surface area contributed by atoms with Gasteiger partial charge in [0.15, 0.2) is 0 Å². The molecule has 0 spiro atoms. The van der Waals surface area contributed by atoms with E-state index in [4.69, 9.17) is 16.3 Å². The Bertz CT molecular complexity index is 1410. The second-order valence-electron chi connectivity index (χ2n) is 8.72. The summed E-state index contributed by atoms with van der Waals surface area (Å²) in [5.41, 5.74) is 1.41. The third-order valence-corrected chi connectivity index (χ3v) is 6.35. The van der Waals surface area contributed by atoms with Crippen LogP contribution in [-0.4, -0.2) is 45.7 Å². The second kappa shape index (κ2) is 9.93. The maximum absolute atomic E-state index is 10.8. The third-order valence-electron chi connectivity index (χ3n) is 6.05. The number of fused-ring (bicyclic) bond motifs is 1. The van der Waals surface area contributed by atoms with Gasteiger partial charge in [0.2, 0.25) is 0 Å². The number of nitrogens with one attached hydrogen (secondary N) is 1. The number of para-hydroxylation sites is 1. The molecule has 35 heavy (non-hydrogen) atoms. The first-order chi connectivity index (χ1) is 17.0. The Morgan fingerprint density at radius 1 is 1.03 bits per heavy atom. The molecule has 2 N–H and O–H groups in total. The summed E-state index contributed by atoms with van der Waals surface area (Å²) < 4.78 is 5.87. The van der Waals surface area contributed by atoms with Crippen LogP contribution in [0, 0.1) is 11.8 Å². The van der Waals surface area contributed by atoms with Crippen LogP contribution in [0.4, 0.5) is 11.5 Å². The van der Waals surface area contributed by atoms with Gasteiger partial charge in [0.1, 0.15) is 29.2 Å². The smallest absolute Gasteiger partial charge is 0.146 e. The van der Waals surface area contributed by atoms with Gasteiger partial charge < -0.3 is 20.1 Å². The van der Waals surface area contributed by atoms with Gasteiger partial charge in [-0.2, -0.15) is 0 Å². The predicted octanol–water partition coefficient (Wildman–Crippen LogP) is 5.63. The van der Waals surface area contributed by atoms with Crippen LogP contribution in [0.5, 0.6) is 11.5 Å². The molecule has 4 aromatic rings. The molecule has 1 aliphatic heterocycles. The highest BCUT2D eigenvalue weighted by atomic mass is 35.5. The Morgan fingerprint density at radius 3 is 2.60 bits per heavy atom. The maximum Gasteiger partial charge on any atom is 0.146 e. The van der Waals surface area contributed by atoms with Gasteiger partial charge in [-0.05, 0) is 55.6 Å². The Labute approximate surface area is 209 Å². The van der Waals surface area contributed by atoms with Gasteiger partial charge in [-0.25, -0.2) is 9.97 Å². The fraction of sp³-hybridized carbons (Fsp3) is 0.214. The van der Waals surface area contributed by atoms with Crippen molar-refractivity contribution in [2.45, 2.75) is 18.4 Å². The zero-order chi connectivity index (χ0) is 24.3. The lowest BCUT2D eigenvalue weighted by Gasteiger charge is -2.32. The van der Waals surface area contributed by atoms with Crippen molar-refractivity contribution >= 4 is 34.0 Å². The van der Waals surface area contributed by atoms with E-state index in [0.29, 0.717) is 29.4 Å². The molecule has 0 aliphatic carbocycles. The molecule has 0 radical (unpaired) electrons. The number of hydrogen-bond donors (Lipinski definition) is 2. The standard InChI is InChI=1S/C28H25ClN4O2/c1-33-15-13-28(34,14-16-33)12-11-20-7-9-25-23(17-20)27(31-19-30-25)32-21-8-10-26(24(29)18-21)35-22-5-3-2-4-6-22/h2-10,17-19,34H,13-16H2,1H3,(H,30,31,32). The highest BCUT2D eigenvalue weighted by Crippen LogP contribution is 2.33. The Kier molecular flexibility index (Phi) is 6.56. The summed E-state index contributed by atoms with van der Waals surface area (Å²) in [6.07, 6.45) is 2.81. The summed E-state index contributed by atoms with van der Waals surface area (Å²) in [7, 11) is 2.06. The van der Waals surface area contributed by atoms with E-state index >= 15 is 0 Å². The fourth-order valence-electron chi connectivity index (χ4n) is 3.95. The molecule has 1 saturated heterocycles. The maximum atomic E-state index is 10.8. The van der Waals surface area contributed by atoms with Gasteiger partial charge in [-0.1, -0.05) is 41.6 Å². The third kappa shape index (κ3) is 5.55. The number of halogens is 1. The average Bonchev–Trinajstić information content (AvgIpc) is 2.87. The molecule has 7 heteroatoms. The quantitative estimate of drug-likeness (QED) is 0.366. The van der Waals surface area contributed by atoms with E-state index in [1.54, 1.807) is 6.07 Å². The zero-order valence-electron chi connectivity index (χ0n) is 19.3. The lowest BCUT2D eigenvalue weighted by molar-refractivity contribution is 0.0350. The normalized spacial score (nSPS) is 15.3. The lowest BCUT2D eigenvalue weighted by Crippen LogP contribution is -2.41. The van der Waals surface area contributed by atoms with Gasteiger partial charge in [0, 0.05) is 42.6 Å². The molecule has 2 heterocycles. The molecule has 0 amide bonds. The molecule has 5 rings (SSSR count). The Balaban J connectivity index is 1.38. The van der Waals surface area contributed by atoms with E-state index in [9.17, 15) is 5.11 Å². The second-order valence-corrected chi connectivity index (χ2v) is 9.13. The van der Waals surface area contributed by atoms with Crippen molar-refractivity contribution in [1.29, 1.82) is 0 Å². The largest absolute Gasteiger partial charge is 0.456 e. The Morgan fingerprint density at radius 2 is 1.83 bits per heavy atom. The van der Waals surface area contributed by atoms with Crippen LogP contribution < -0.4 is 10.1 Å². The number of piperidine rings is 1. The number of rotatable bonds is 4. The number of anilines is 2. The van der Waals surface area contributed by atoms with Crippen LogP contribution in [0.15, 0.2) is 73.1 Å². The van der Waals surface area contributed by atoms with E-state index in [1.807, 2.05) is 60.7 Å². The average molecular weight is 485 g/mol. The van der Waals surface area contributed by atoms with Crippen LogP contribution in [0.1, 0.15) is 18.4 Å². The molecular formula is C28H25ClN4O2. The zero-order valence-corrected chi connectivity index (χ0v) is 20.1. The highest BCUT2D eigenvalue weighted by molar-refractivity contribution is 6.32. The monoisotopic (exact) mass is 484 g/mol. The van der Waals surface area contributed by atoms with Crippen molar-refractivity contribution in [1.82, 2.24) is 14.9 Å². The fourth-order valence-corrected chi connectivity index (χ4v) is 4.17. The van der Waals surface area contributed by atoms with Gasteiger partial charge in [-0.3, -0.25) is 0 Å². The van der Waals surface area contributed by atoms with Crippen molar-refractivity contribution in [2.75, 3.05) is 25.5 Å². The summed E-state index contributed by atoms with van der Waals surface area (Å²) in [5, 5.41) is 15.4. The van der Waals surface area contributed by atoms with E-state index in [2.05, 4.69) is 39.1 Å².